The number of nitrogens with two attached hydrogens (primary N) is 1. The number of rotatable bonds is 4. The van der Waals surface area contributed by atoms with E-state index in [1.165, 1.54) is 0 Å². The second-order valence-corrected chi connectivity index (χ2v) is 10.1. The maximum Gasteiger partial charge on any atom is 0.408 e. The third-order valence-corrected chi connectivity index (χ3v) is 7.21. The zero-order valence-corrected chi connectivity index (χ0v) is 21.1. The second-order valence-electron chi connectivity index (χ2n) is 10.1. The van der Waals surface area contributed by atoms with Crippen LogP contribution in [0.15, 0.2) is 36.4 Å². The maximum absolute atomic E-state index is 12.9. The molecule has 0 spiro atoms. The lowest BCUT2D eigenvalue weighted by Gasteiger charge is -2.38. The number of carbonyl (C=O) groups excluding carboxylic acids is 2. The van der Waals surface area contributed by atoms with Crippen molar-refractivity contribution >= 4 is 35.1 Å². The Labute approximate surface area is 214 Å². The number of amides is 2. The number of hydrogen-bond acceptors (Lipinski definition) is 8. The topological polar surface area (TPSA) is 132 Å². The molecule has 10 nitrogen and oxygen atoms in total. The molecular weight excluding hydrogens is 472 g/mol. The highest BCUT2D eigenvalue weighted by atomic mass is 16.6. The summed E-state index contributed by atoms with van der Waals surface area (Å²) in [6, 6.07) is 11.5. The molecule has 4 N–H and O–H groups in total. The summed E-state index contributed by atoms with van der Waals surface area (Å²) in [7, 11) is 0. The molecule has 3 heterocycles. The predicted molar refractivity (Wildman–Crippen MR) is 139 cm³/mol. The van der Waals surface area contributed by atoms with Crippen molar-refractivity contribution in [2.75, 3.05) is 22.5 Å². The fourth-order valence-corrected chi connectivity index (χ4v) is 5.29. The van der Waals surface area contributed by atoms with Crippen LogP contribution in [0.25, 0.3) is 11.3 Å². The molecule has 1 aromatic heterocycles. The van der Waals surface area contributed by atoms with Gasteiger partial charge in [0.05, 0.1) is 17.4 Å². The van der Waals surface area contributed by atoms with Crippen LogP contribution in [0.2, 0.25) is 0 Å². The zero-order chi connectivity index (χ0) is 26.1. The van der Waals surface area contributed by atoms with Crippen LogP contribution in [0.5, 0.6) is 5.75 Å². The molecule has 2 amide bonds. The van der Waals surface area contributed by atoms with Gasteiger partial charge in [-0.3, -0.25) is 4.79 Å². The van der Waals surface area contributed by atoms with Gasteiger partial charge in [0.25, 0.3) is 5.91 Å². The average Bonchev–Trinajstić information content (AvgIpc) is 3.37. The molecule has 190 valence electrons. The van der Waals surface area contributed by atoms with E-state index < -0.39 is 5.60 Å². The first-order chi connectivity index (χ1) is 17.6. The largest absolute Gasteiger partial charge is 0.476 e. The van der Waals surface area contributed by atoms with Crippen LogP contribution < -0.4 is 26.0 Å². The molecule has 2 aliphatic heterocycles. The third kappa shape index (κ3) is 3.71. The van der Waals surface area contributed by atoms with Crippen molar-refractivity contribution in [3.8, 4) is 17.0 Å². The normalized spacial score (nSPS) is 20.9. The summed E-state index contributed by atoms with van der Waals surface area (Å²) in [6.07, 6.45) is 0.123. The van der Waals surface area contributed by atoms with E-state index in [1.807, 2.05) is 50.2 Å². The van der Waals surface area contributed by atoms with Gasteiger partial charge in [-0.2, -0.15) is 4.98 Å². The summed E-state index contributed by atoms with van der Waals surface area (Å²) >= 11 is 0. The minimum absolute atomic E-state index is 0.0939. The van der Waals surface area contributed by atoms with E-state index >= 15 is 0 Å². The lowest BCUT2D eigenvalue weighted by atomic mass is 10.0. The van der Waals surface area contributed by atoms with Gasteiger partial charge >= 0.3 is 6.09 Å². The summed E-state index contributed by atoms with van der Waals surface area (Å²) in [5.74, 6) is 1.25. The Bertz CT molecular complexity index is 1470. The van der Waals surface area contributed by atoms with Crippen molar-refractivity contribution in [2.45, 2.75) is 51.9 Å². The summed E-state index contributed by atoms with van der Waals surface area (Å²) in [6.45, 7) is 7.87. The van der Waals surface area contributed by atoms with Crippen molar-refractivity contribution in [2.24, 2.45) is 0 Å². The lowest BCUT2D eigenvalue weighted by Crippen LogP contribution is -2.52. The van der Waals surface area contributed by atoms with Crippen LogP contribution in [0.1, 0.15) is 43.5 Å². The predicted octanol–water partition coefficient (Wildman–Crippen LogP) is 4.01. The number of nitrogen functional groups attached to an aromatic ring is 1. The van der Waals surface area contributed by atoms with E-state index in [9.17, 15) is 9.59 Å². The quantitative estimate of drug-likeness (QED) is 0.490. The molecule has 2 atom stereocenters. The van der Waals surface area contributed by atoms with E-state index in [0.717, 1.165) is 27.9 Å². The van der Waals surface area contributed by atoms with Gasteiger partial charge in [-0.25, -0.2) is 9.78 Å². The number of ether oxygens (including phenoxy) is 2. The highest BCUT2D eigenvalue weighted by Crippen LogP contribution is 2.41. The Balaban J connectivity index is 1.34. The molecule has 0 unspecified atom stereocenters. The molecule has 3 aromatic rings. The Morgan fingerprint density at radius 1 is 1.19 bits per heavy atom. The maximum atomic E-state index is 12.9. The van der Waals surface area contributed by atoms with Crippen molar-refractivity contribution in [1.29, 1.82) is 0 Å². The fraction of sp³-hybridized carbons (Fsp3) is 0.333. The van der Waals surface area contributed by atoms with Crippen molar-refractivity contribution < 1.29 is 19.1 Å². The van der Waals surface area contributed by atoms with Crippen LogP contribution in [-0.2, 0) is 16.0 Å². The fourth-order valence-electron chi connectivity index (χ4n) is 5.29. The molecule has 1 aliphatic carbocycles. The number of anilines is 4. The number of nitrogens with zero attached hydrogens (tertiary/aromatic N) is 3. The number of alkyl carbamates (subject to hydrolysis) is 1. The van der Waals surface area contributed by atoms with Crippen LogP contribution in [0, 0.1) is 6.92 Å². The minimum Gasteiger partial charge on any atom is -0.476 e. The van der Waals surface area contributed by atoms with Crippen molar-refractivity contribution in [1.82, 2.24) is 15.3 Å². The van der Waals surface area contributed by atoms with Crippen LogP contribution in [-0.4, -0.2) is 40.2 Å². The average molecular weight is 501 g/mol. The Kier molecular flexibility index (Phi) is 5.05. The molecule has 1 saturated heterocycles. The molecule has 0 saturated carbocycles. The van der Waals surface area contributed by atoms with E-state index in [-0.39, 0.29) is 24.1 Å². The van der Waals surface area contributed by atoms with Gasteiger partial charge in [-0.1, -0.05) is 6.07 Å². The number of aromatic nitrogens is 2. The monoisotopic (exact) mass is 500 g/mol. The standard InChI is InChI=1S/C27H28N6O4/c1-5-33-18-10-15(7-9-19(18)37-27(3,4)24(33)34)21-13(2)23(28)32-25(30-21)29-16-8-6-14-11-20-22(17(14)12-16)31-26(35)36-20/h6-10,12,20,22H,5,11H2,1-4H3,(H,31,35)(H3,28,29,30,32)/t20-,22+/m1/s1. The van der Waals surface area contributed by atoms with Crippen LogP contribution in [0.3, 0.4) is 0 Å². The molecule has 0 radical (unpaired) electrons. The summed E-state index contributed by atoms with van der Waals surface area (Å²) < 4.78 is 11.3. The highest BCUT2D eigenvalue weighted by Gasteiger charge is 2.42. The molecule has 0 bridgehead atoms. The number of nitrogens with one attached hydrogen (secondary N) is 2. The van der Waals surface area contributed by atoms with Crippen LogP contribution >= 0.6 is 0 Å². The molecule has 6 rings (SSSR count). The molecule has 1 fully saturated rings. The summed E-state index contributed by atoms with van der Waals surface area (Å²) in [4.78, 5) is 35.6. The molecule has 37 heavy (non-hydrogen) atoms. The summed E-state index contributed by atoms with van der Waals surface area (Å²) in [5.41, 5.74) is 11.2. The molecule has 2 aromatic carbocycles. The Morgan fingerprint density at radius 3 is 2.78 bits per heavy atom. The smallest absolute Gasteiger partial charge is 0.408 e. The van der Waals surface area contributed by atoms with Gasteiger partial charge in [-0.05, 0) is 69.2 Å². The van der Waals surface area contributed by atoms with Gasteiger partial charge in [0.2, 0.25) is 5.95 Å². The third-order valence-electron chi connectivity index (χ3n) is 7.21. The van der Waals surface area contributed by atoms with E-state index in [2.05, 4.69) is 15.6 Å². The Hall–Kier alpha value is -4.34. The zero-order valence-electron chi connectivity index (χ0n) is 21.1. The van der Waals surface area contributed by atoms with Gasteiger partial charge in [0.15, 0.2) is 5.60 Å². The first-order valence-electron chi connectivity index (χ1n) is 12.3. The highest BCUT2D eigenvalue weighted by molar-refractivity contribution is 6.03. The number of likely N-dealkylation sites (N-methyl/N-ethyl adjacent to an activating group) is 1. The van der Waals surface area contributed by atoms with Gasteiger partial charge in [0, 0.05) is 29.8 Å². The SMILES string of the molecule is CCN1C(=O)C(C)(C)Oc2ccc(-c3nc(Nc4ccc5c(c4)[C@@H]4NC(=O)O[C@@H]4C5)nc(N)c3C)cc21. The first kappa shape index (κ1) is 23.1. The van der Waals surface area contributed by atoms with Gasteiger partial charge in [0.1, 0.15) is 17.7 Å². The molecule has 3 aliphatic rings. The number of carbonyl (C=O) groups is 2. The Morgan fingerprint density at radius 2 is 2.00 bits per heavy atom. The van der Waals surface area contributed by atoms with Crippen molar-refractivity contribution in [3.63, 3.8) is 0 Å². The second kappa shape index (κ2) is 8.09. The number of fused-ring (bicyclic) bond motifs is 4. The number of benzene rings is 2. The van der Waals surface area contributed by atoms with E-state index in [0.29, 0.717) is 41.9 Å². The van der Waals surface area contributed by atoms with E-state index in [1.54, 1.807) is 18.7 Å². The lowest BCUT2D eigenvalue weighted by molar-refractivity contribution is -0.132. The minimum atomic E-state index is -0.930. The van der Waals surface area contributed by atoms with Gasteiger partial charge in [-0.15, -0.1) is 0 Å². The van der Waals surface area contributed by atoms with Gasteiger partial charge < -0.3 is 30.7 Å². The molecular formula is C27H28N6O4. The van der Waals surface area contributed by atoms with Crippen molar-refractivity contribution in [3.05, 3.63) is 53.1 Å². The summed E-state index contributed by atoms with van der Waals surface area (Å²) in [5, 5.41) is 6.13. The van der Waals surface area contributed by atoms with Crippen LogP contribution in [0.4, 0.5) is 27.9 Å². The molecule has 10 heteroatoms. The van der Waals surface area contributed by atoms with E-state index in [4.69, 9.17) is 20.2 Å². The number of hydrogen-bond donors (Lipinski definition) is 3. The first-order valence-corrected chi connectivity index (χ1v) is 12.3.